The molecule has 0 radical (unpaired) electrons. The number of rotatable bonds is 14. The lowest BCUT2D eigenvalue weighted by atomic mass is 10.1. The predicted molar refractivity (Wildman–Crippen MR) is 96.3 cm³/mol. The Bertz CT molecular complexity index is 384. The first-order valence-electron chi connectivity index (χ1n) is 9.38. The van der Waals surface area contributed by atoms with Crippen LogP contribution in [0.15, 0.2) is 18.2 Å². The van der Waals surface area contributed by atoms with Crippen LogP contribution in [0.4, 0.5) is 0 Å². The van der Waals surface area contributed by atoms with Gasteiger partial charge in [0.1, 0.15) is 17.2 Å². The van der Waals surface area contributed by atoms with Crippen molar-refractivity contribution in [1.29, 1.82) is 0 Å². The fourth-order valence-corrected chi connectivity index (χ4v) is 2.78. The molecule has 2 N–H and O–H groups in total. The number of phenolic OH excluding ortho intramolecular Hbond substituents is 2. The molecule has 3 heteroatoms. The van der Waals surface area contributed by atoms with Crippen molar-refractivity contribution in [3.63, 3.8) is 0 Å². The van der Waals surface area contributed by atoms with Gasteiger partial charge in [0.15, 0.2) is 0 Å². The van der Waals surface area contributed by atoms with Crippen molar-refractivity contribution in [2.45, 2.75) is 84.0 Å². The van der Waals surface area contributed by atoms with Crippen molar-refractivity contribution in [2.75, 3.05) is 6.61 Å². The zero-order valence-electron chi connectivity index (χ0n) is 14.7. The summed E-state index contributed by atoms with van der Waals surface area (Å²) in [5, 5.41) is 18.7. The highest BCUT2D eigenvalue weighted by atomic mass is 16.5. The summed E-state index contributed by atoms with van der Waals surface area (Å²) >= 11 is 0. The third-order valence-electron chi connectivity index (χ3n) is 4.14. The van der Waals surface area contributed by atoms with E-state index in [0.29, 0.717) is 12.4 Å². The molecule has 1 aromatic rings. The van der Waals surface area contributed by atoms with Gasteiger partial charge in [-0.2, -0.15) is 0 Å². The lowest BCUT2D eigenvalue weighted by molar-refractivity contribution is 0.300. The Kier molecular flexibility index (Phi) is 11.2. The Morgan fingerprint density at radius 3 is 1.57 bits per heavy atom. The molecule has 0 unspecified atom stereocenters. The minimum absolute atomic E-state index is 0.0368. The van der Waals surface area contributed by atoms with Crippen molar-refractivity contribution in [3.05, 3.63) is 18.2 Å². The molecule has 1 aromatic carbocycles. The molecule has 132 valence electrons. The molecule has 0 atom stereocenters. The lowest BCUT2D eigenvalue weighted by Crippen LogP contribution is -1.97. The summed E-state index contributed by atoms with van der Waals surface area (Å²) in [6.45, 7) is 2.90. The predicted octanol–water partition coefficient (Wildman–Crippen LogP) is 6.18. The van der Waals surface area contributed by atoms with Crippen LogP contribution >= 0.6 is 0 Å². The van der Waals surface area contributed by atoms with Gasteiger partial charge in [-0.1, -0.05) is 77.6 Å². The largest absolute Gasteiger partial charge is 0.508 e. The van der Waals surface area contributed by atoms with Crippen molar-refractivity contribution >= 4 is 0 Å². The summed E-state index contributed by atoms with van der Waals surface area (Å²) in [5.41, 5.74) is 0. The summed E-state index contributed by atoms with van der Waals surface area (Å²) in [5.74, 6) is 0.606. The molecule has 1 rings (SSSR count). The third-order valence-corrected chi connectivity index (χ3v) is 4.14. The van der Waals surface area contributed by atoms with Crippen LogP contribution in [-0.4, -0.2) is 16.8 Å². The standard InChI is InChI=1S/C20H34O3/c1-2-3-4-5-6-7-8-9-10-11-12-13-14-23-20-16-18(21)15-19(22)17-20/h15-17,21-22H,2-14H2,1H3. The quantitative estimate of drug-likeness (QED) is 0.402. The highest BCUT2D eigenvalue weighted by molar-refractivity contribution is 5.40. The maximum atomic E-state index is 9.36. The first-order valence-corrected chi connectivity index (χ1v) is 9.38. The van der Waals surface area contributed by atoms with Crippen LogP contribution in [-0.2, 0) is 0 Å². The smallest absolute Gasteiger partial charge is 0.126 e. The van der Waals surface area contributed by atoms with E-state index in [-0.39, 0.29) is 11.5 Å². The van der Waals surface area contributed by atoms with E-state index in [0.717, 1.165) is 6.42 Å². The van der Waals surface area contributed by atoms with Gasteiger partial charge in [-0.05, 0) is 6.42 Å². The highest BCUT2D eigenvalue weighted by Crippen LogP contribution is 2.25. The van der Waals surface area contributed by atoms with Crippen molar-refractivity contribution < 1.29 is 14.9 Å². The van der Waals surface area contributed by atoms with Gasteiger partial charge in [-0.25, -0.2) is 0 Å². The lowest BCUT2D eigenvalue weighted by Gasteiger charge is -2.07. The Morgan fingerprint density at radius 2 is 1.09 bits per heavy atom. The summed E-state index contributed by atoms with van der Waals surface area (Å²) in [6, 6.07) is 4.36. The van der Waals surface area contributed by atoms with Gasteiger partial charge < -0.3 is 14.9 Å². The minimum Gasteiger partial charge on any atom is -0.508 e. The van der Waals surface area contributed by atoms with E-state index in [2.05, 4.69) is 6.92 Å². The van der Waals surface area contributed by atoms with Crippen LogP contribution in [0.1, 0.15) is 84.0 Å². The van der Waals surface area contributed by atoms with E-state index in [4.69, 9.17) is 4.74 Å². The molecule has 0 aliphatic heterocycles. The molecule has 23 heavy (non-hydrogen) atoms. The summed E-state index contributed by atoms with van der Waals surface area (Å²) in [4.78, 5) is 0. The summed E-state index contributed by atoms with van der Waals surface area (Å²) in [6.07, 6.45) is 15.9. The van der Waals surface area contributed by atoms with E-state index in [1.807, 2.05) is 0 Å². The van der Waals surface area contributed by atoms with Gasteiger partial charge in [0.2, 0.25) is 0 Å². The average molecular weight is 322 g/mol. The van der Waals surface area contributed by atoms with E-state index in [1.165, 1.54) is 88.8 Å². The SMILES string of the molecule is CCCCCCCCCCCCCCOc1cc(O)cc(O)c1. The second-order valence-electron chi connectivity index (χ2n) is 6.42. The monoisotopic (exact) mass is 322 g/mol. The first kappa shape index (κ1) is 19.7. The molecule has 0 heterocycles. The second kappa shape index (κ2) is 13.1. The van der Waals surface area contributed by atoms with E-state index in [9.17, 15) is 10.2 Å². The number of phenols is 2. The fourth-order valence-electron chi connectivity index (χ4n) is 2.78. The van der Waals surface area contributed by atoms with Gasteiger partial charge in [-0.15, -0.1) is 0 Å². The average Bonchev–Trinajstić information content (AvgIpc) is 2.51. The Labute approximate surface area is 141 Å². The van der Waals surface area contributed by atoms with Gasteiger partial charge in [-0.3, -0.25) is 0 Å². The molecule has 3 nitrogen and oxygen atoms in total. The van der Waals surface area contributed by atoms with Gasteiger partial charge in [0.25, 0.3) is 0 Å². The Balaban J connectivity index is 1.86. The van der Waals surface area contributed by atoms with Crippen molar-refractivity contribution in [3.8, 4) is 17.2 Å². The zero-order chi connectivity index (χ0) is 16.8. The van der Waals surface area contributed by atoms with Crippen molar-refractivity contribution in [2.24, 2.45) is 0 Å². The van der Waals surface area contributed by atoms with E-state index >= 15 is 0 Å². The van der Waals surface area contributed by atoms with Crippen LogP contribution in [0.5, 0.6) is 17.2 Å². The van der Waals surface area contributed by atoms with Gasteiger partial charge in [0, 0.05) is 18.2 Å². The molecular formula is C20H34O3. The minimum atomic E-state index is 0.0368. The van der Waals surface area contributed by atoms with Gasteiger partial charge >= 0.3 is 0 Å². The molecule has 0 saturated heterocycles. The maximum Gasteiger partial charge on any atom is 0.126 e. The Morgan fingerprint density at radius 1 is 0.652 bits per heavy atom. The number of benzene rings is 1. The number of unbranched alkanes of at least 4 members (excludes halogenated alkanes) is 11. The van der Waals surface area contributed by atoms with Crippen LogP contribution in [0, 0.1) is 0 Å². The number of aromatic hydroxyl groups is 2. The fraction of sp³-hybridized carbons (Fsp3) is 0.700. The summed E-state index contributed by atoms with van der Waals surface area (Å²) in [7, 11) is 0. The molecule has 0 saturated carbocycles. The third kappa shape index (κ3) is 10.9. The zero-order valence-corrected chi connectivity index (χ0v) is 14.7. The maximum absolute atomic E-state index is 9.36. The molecule has 0 spiro atoms. The number of hydrogen-bond donors (Lipinski definition) is 2. The molecular weight excluding hydrogens is 288 g/mol. The number of hydrogen-bond acceptors (Lipinski definition) is 3. The van der Waals surface area contributed by atoms with Crippen LogP contribution in [0.3, 0.4) is 0 Å². The van der Waals surface area contributed by atoms with E-state index < -0.39 is 0 Å². The van der Waals surface area contributed by atoms with E-state index in [1.54, 1.807) is 0 Å². The molecule has 0 bridgehead atoms. The molecule has 0 amide bonds. The Hall–Kier alpha value is -1.38. The highest BCUT2D eigenvalue weighted by Gasteiger charge is 2.00. The summed E-state index contributed by atoms with van der Waals surface area (Å²) < 4.78 is 5.54. The van der Waals surface area contributed by atoms with Crippen LogP contribution in [0.25, 0.3) is 0 Å². The topological polar surface area (TPSA) is 49.7 Å². The van der Waals surface area contributed by atoms with Gasteiger partial charge in [0.05, 0.1) is 6.61 Å². The molecule has 0 aliphatic carbocycles. The van der Waals surface area contributed by atoms with Crippen molar-refractivity contribution in [1.82, 2.24) is 0 Å². The molecule has 0 aliphatic rings. The van der Waals surface area contributed by atoms with Crippen LogP contribution < -0.4 is 4.74 Å². The normalized spacial score (nSPS) is 10.8. The molecule has 0 aromatic heterocycles. The van der Waals surface area contributed by atoms with Crippen LogP contribution in [0.2, 0.25) is 0 Å². The first-order chi connectivity index (χ1) is 11.2. The second-order valence-corrected chi connectivity index (χ2v) is 6.42. The number of ether oxygens (including phenoxy) is 1. The molecule has 0 fully saturated rings.